The van der Waals surface area contributed by atoms with Crippen LogP contribution >= 0.6 is 0 Å². The van der Waals surface area contributed by atoms with Gasteiger partial charge < -0.3 is 19.5 Å². The minimum absolute atomic E-state index is 0.0269. The highest BCUT2D eigenvalue weighted by Crippen LogP contribution is 2.34. The van der Waals surface area contributed by atoms with Gasteiger partial charge in [-0.3, -0.25) is 4.79 Å². The van der Waals surface area contributed by atoms with E-state index >= 15 is 0 Å². The van der Waals surface area contributed by atoms with Crippen molar-refractivity contribution >= 4 is 11.6 Å². The highest BCUT2D eigenvalue weighted by molar-refractivity contribution is 6.04. The van der Waals surface area contributed by atoms with Crippen LogP contribution in [0.2, 0.25) is 0 Å². The van der Waals surface area contributed by atoms with E-state index in [1.165, 1.54) is 47.3 Å². The first-order valence-electron chi connectivity index (χ1n) is 9.99. The Balaban J connectivity index is 1.42. The number of fused-ring (bicyclic) bond motifs is 1. The van der Waals surface area contributed by atoms with Crippen molar-refractivity contribution in [1.29, 1.82) is 0 Å². The molecule has 3 aromatic carbocycles. The minimum Gasteiger partial charge on any atom is -0.485 e. The maximum Gasteiger partial charge on any atom is 0.280 e. The Bertz CT molecular complexity index is 1300. The highest BCUT2D eigenvalue weighted by Gasteiger charge is 2.21. The first-order chi connectivity index (χ1) is 16.0. The third kappa shape index (κ3) is 4.47. The number of ether oxygens (including phenoxy) is 3. The third-order valence-corrected chi connectivity index (χ3v) is 4.92. The second-order valence-corrected chi connectivity index (χ2v) is 7.20. The lowest BCUT2D eigenvalue weighted by Crippen LogP contribution is -2.14. The molecule has 7 nitrogen and oxygen atoms in total. The van der Waals surface area contributed by atoms with Crippen molar-refractivity contribution in [2.24, 2.45) is 0 Å². The van der Waals surface area contributed by atoms with Gasteiger partial charge in [-0.25, -0.2) is 13.5 Å². The summed E-state index contributed by atoms with van der Waals surface area (Å²) in [5, 5.41) is 7.11. The van der Waals surface area contributed by atoms with Crippen LogP contribution < -0.4 is 19.5 Å². The summed E-state index contributed by atoms with van der Waals surface area (Å²) in [6.07, 6.45) is 1.53. The van der Waals surface area contributed by atoms with Crippen molar-refractivity contribution < 1.29 is 27.8 Å². The van der Waals surface area contributed by atoms with Gasteiger partial charge in [0.05, 0.1) is 11.9 Å². The fourth-order valence-electron chi connectivity index (χ4n) is 3.25. The number of halogens is 2. The fourth-order valence-corrected chi connectivity index (χ4v) is 3.25. The number of rotatable bonds is 6. The van der Waals surface area contributed by atoms with Gasteiger partial charge in [-0.2, -0.15) is 5.10 Å². The molecule has 0 aliphatic carbocycles. The zero-order valence-electron chi connectivity index (χ0n) is 17.1. The number of nitrogens with one attached hydrogen (secondary N) is 1. The number of carbonyl (C=O) groups is 1. The molecule has 9 heteroatoms. The lowest BCUT2D eigenvalue weighted by Gasteiger charge is -2.08. The van der Waals surface area contributed by atoms with Crippen LogP contribution in [-0.4, -0.2) is 22.5 Å². The van der Waals surface area contributed by atoms with E-state index < -0.39 is 5.91 Å². The first kappa shape index (κ1) is 20.5. The number of hydrogen-bond acceptors (Lipinski definition) is 5. The van der Waals surface area contributed by atoms with E-state index in [2.05, 4.69) is 10.4 Å². The molecular weight excluding hydrogens is 432 g/mol. The summed E-state index contributed by atoms with van der Waals surface area (Å²) < 4.78 is 44.4. The van der Waals surface area contributed by atoms with Crippen molar-refractivity contribution in [3.8, 4) is 22.9 Å². The van der Waals surface area contributed by atoms with Gasteiger partial charge in [-0.05, 0) is 54.1 Å². The van der Waals surface area contributed by atoms with Crippen LogP contribution in [0.1, 0.15) is 16.1 Å². The number of anilines is 1. The van der Waals surface area contributed by atoms with Crippen molar-refractivity contribution in [3.05, 3.63) is 95.8 Å². The molecule has 0 atom stereocenters. The largest absolute Gasteiger partial charge is 0.485 e. The van der Waals surface area contributed by atoms with E-state index in [0.717, 1.165) is 0 Å². The molecule has 0 bridgehead atoms. The second kappa shape index (κ2) is 8.62. The quantitative estimate of drug-likeness (QED) is 0.462. The van der Waals surface area contributed by atoms with Crippen LogP contribution in [0.4, 0.5) is 14.5 Å². The Hall–Kier alpha value is -4.40. The first-order valence-corrected chi connectivity index (χ1v) is 9.99. The van der Waals surface area contributed by atoms with Crippen molar-refractivity contribution in [3.63, 3.8) is 0 Å². The van der Waals surface area contributed by atoms with Gasteiger partial charge in [0, 0.05) is 11.8 Å². The molecule has 0 spiro atoms. The molecule has 5 rings (SSSR count). The summed E-state index contributed by atoms with van der Waals surface area (Å²) in [4.78, 5) is 13.0. The van der Waals surface area contributed by atoms with Gasteiger partial charge in [0.15, 0.2) is 22.9 Å². The molecule has 0 saturated heterocycles. The van der Waals surface area contributed by atoms with Crippen LogP contribution in [0.15, 0.2) is 72.9 Å². The Morgan fingerprint density at radius 3 is 2.42 bits per heavy atom. The van der Waals surface area contributed by atoms with Crippen LogP contribution in [0.3, 0.4) is 0 Å². The molecule has 33 heavy (non-hydrogen) atoms. The van der Waals surface area contributed by atoms with Gasteiger partial charge in [-0.1, -0.05) is 12.1 Å². The topological polar surface area (TPSA) is 74.6 Å². The lowest BCUT2D eigenvalue weighted by molar-refractivity contribution is 0.101. The number of nitrogens with zero attached hydrogens (tertiary/aromatic N) is 2. The monoisotopic (exact) mass is 449 g/mol. The van der Waals surface area contributed by atoms with Gasteiger partial charge in [-0.15, -0.1) is 0 Å². The fraction of sp³-hybridized carbons (Fsp3) is 0.0833. The molecule has 1 amide bonds. The van der Waals surface area contributed by atoms with E-state index in [9.17, 15) is 13.6 Å². The summed E-state index contributed by atoms with van der Waals surface area (Å²) in [5.74, 6) is 0.0752. The van der Waals surface area contributed by atoms with Gasteiger partial charge in [0.2, 0.25) is 6.79 Å². The zero-order valence-corrected chi connectivity index (χ0v) is 17.1. The maximum atomic E-state index is 13.3. The predicted octanol–water partition coefficient (Wildman–Crippen LogP) is 4.71. The average Bonchev–Trinajstić information content (AvgIpc) is 3.46. The lowest BCUT2D eigenvalue weighted by atomic mass is 10.2. The number of benzene rings is 3. The van der Waals surface area contributed by atoms with E-state index in [1.807, 2.05) is 0 Å². The van der Waals surface area contributed by atoms with Crippen molar-refractivity contribution in [1.82, 2.24) is 9.78 Å². The summed E-state index contributed by atoms with van der Waals surface area (Å²) in [6, 6.07) is 16.5. The molecule has 1 aromatic heterocycles. The summed E-state index contributed by atoms with van der Waals surface area (Å²) in [7, 11) is 0. The van der Waals surface area contributed by atoms with Gasteiger partial charge in [0.1, 0.15) is 18.2 Å². The average molecular weight is 449 g/mol. The van der Waals surface area contributed by atoms with Gasteiger partial charge in [0.25, 0.3) is 5.91 Å². The van der Waals surface area contributed by atoms with E-state index in [4.69, 9.17) is 14.2 Å². The number of carbonyl (C=O) groups excluding carboxylic acids is 1. The molecule has 0 saturated carbocycles. The standard InChI is InChI=1S/C24H17F2N3O4/c25-16-3-1-15(2-4-16)13-31-22-12-29(19-8-5-17(26)6-9-19)28-23(22)24(30)27-18-7-10-20-21(11-18)33-14-32-20/h1-12H,13-14H2,(H,27,30). The number of amides is 1. The molecule has 1 N–H and O–H groups in total. The van der Waals surface area contributed by atoms with Crippen LogP contribution in [0.5, 0.6) is 17.2 Å². The smallest absolute Gasteiger partial charge is 0.280 e. The molecule has 166 valence electrons. The molecule has 1 aliphatic heterocycles. The number of aromatic nitrogens is 2. The Kier molecular flexibility index (Phi) is 5.35. The van der Waals surface area contributed by atoms with Crippen molar-refractivity contribution in [2.75, 3.05) is 12.1 Å². The number of hydrogen-bond donors (Lipinski definition) is 1. The Labute approximate surface area is 187 Å². The molecule has 0 fully saturated rings. The summed E-state index contributed by atoms with van der Waals surface area (Å²) in [6.45, 7) is 0.218. The van der Waals surface area contributed by atoms with Crippen LogP contribution in [-0.2, 0) is 6.61 Å². The molecule has 4 aromatic rings. The Morgan fingerprint density at radius 1 is 0.970 bits per heavy atom. The van der Waals surface area contributed by atoms with E-state index in [1.54, 1.807) is 30.3 Å². The minimum atomic E-state index is -0.510. The summed E-state index contributed by atoms with van der Waals surface area (Å²) in [5.41, 5.74) is 1.78. The van der Waals surface area contributed by atoms with Crippen molar-refractivity contribution in [2.45, 2.75) is 6.61 Å². The van der Waals surface area contributed by atoms with E-state index in [-0.39, 0.29) is 36.5 Å². The maximum absolute atomic E-state index is 13.3. The molecule has 0 radical (unpaired) electrons. The molecular formula is C24H17F2N3O4. The van der Waals surface area contributed by atoms with E-state index in [0.29, 0.717) is 28.4 Å². The normalized spacial score (nSPS) is 11.9. The van der Waals surface area contributed by atoms with Crippen LogP contribution in [0, 0.1) is 11.6 Å². The molecule has 1 aliphatic rings. The Morgan fingerprint density at radius 2 is 1.67 bits per heavy atom. The molecule has 2 heterocycles. The second-order valence-electron chi connectivity index (χ2n) is 7.20. The molecule has 0 unspecified atom stereocenters. The SMILES string of the molecule is O=C(Nc1ccc2c(c1)OCO2)c1nn(-c2ccc(F)cc2)cc1OCc1ccc(F)cc1. The third-order valence-electron chi connectivity index (χ3n) is 4.92. The zero-order chi connectivity index (χ0) is 22.8. The predicted molar refractivity (Wildman–Crippen MR) is 115 cm³/mol. The summed E-state index contributed by atoms with van der Waals surface area (Å²) >= 11 is 0. The highest BCUT2D eigenvalue weighted by atomic mass is 19.1. The van der Waals surface area contributed by atoms with Gasteiger partial charge >= 0.3 is 0 Å². The van der Waals surface area contributed by atoms with Crippen LogP contribution in [0.25, 0.3) is 5.69 Å².